The Kier molecular flexibility index (Phi) is 17.2. The number of carboxylic acid groups (broad SMARTS) is 1. The van der Waals surface area contributed by atoms with Crippen molar-refractivity contribution in [2.24, 2.45) is 0 Å². The monoisotopic (exact) mass is 258 g/mol. The summed E-state index contributed by atoms with van der Waals surface area (Å²) in [5, 5.41) is 7.98. The van der Waals surface area contributed by atoms with Crippen LogP contribution in [0.15, 0.2) is 0 Å². The maximum absolute atomic E-state index is 9.69. The van der Waals surface area contributed by atoms with E-state index in [4.69, 9.17) is 5.11 Å². The second-order valence-electron chi connectivity index (χ2n) is 0.954. The summed E-state index contributed by atoms with van der Waals surface area (Å²) < 4.78 is -0.261. The van der Waals surface area contributed by atoms with Crippen LogP contribution in [0.25, 0.3) is 0 Å². The molecule has 0 bridgehead atoms. The molecule has 0 aliphatic carbocycles. The third-order valence-electron chi connectivity index (χ3n) is 0.340. The predicted octanol–water partition coefficient (Wildman–Crippen LogP) is -5.10. The molecular formula is C3H5ClINaO2. The number of carboxylic acids is 1. The number of hydrogen-bond acceptors (Lipinski definition) is 1. The van der Waals surface area contributed by atoms with E-state index in [0.717, 1.165) is 0 Å². The molecule has 8 heavy (non-hydrogen) atoms. The normalized spacial score (nSPS) is 10.2. The standard InChI is InChI=1S/C3H5IO2.ClH.Na/c1-2(4)3(5)6;;/h2H,1H3,(H,5,6);1H;/q;;+1/p-1. The Bertz CT molecular complexity index is 68.3. The fourth-order valence-electron chi connectivity index (χ4n) is 0. The summed E-state index contributed by atoms with van der Waals surface area (Å²) in [6.45, 7) is 1.63. The Balaban J connectivity index is -0.000000125. The molecule has 0 aromatic heterocycles. The van der Waals surface area contributed by atoms with Crippen molar-refractivity contribution in [1.82, 2.24) is 0 Å². The van der Waals surface area contributed by atoms with Gasteiger partial charge in [-0.15, -0.1) is 0 Å². The molecule has 5 heteroatoms. The molecule has 0 saturated carbocycles. The number of hydrogen-bond donors (Lipinski definition) is 1. The minimum Gasteiger partial charge on any atom is -1.00 e. The van der Waals surface area contributed by atoms with Gasteiger partial charge in [0.05, 0.1) is 0 Å². The van der Waals surface area contributed by atoms with Gasteiger partial charge in [-0.1, -0.05) is 22.6 Å². The van der Waals surface area contributed by atoms with E-state index >= 15 is 0 Å². The first-order valence-electron chi connectivity index (χ1n) is 1.51. The third-order valence-corrected chi connectivity index (χ3v) is 0.873. The van der Waals surface area contributed by atoms with Crippen LogP contribution >= 0.6 is 22.6 Å². The van der Waals surface area contributed by atoms with Gasteiger partial charge in [0.25, 0.3) is 0 Å². The van der Waals surface area contributed by atoms with Crippen molar-refractivity contribution < 1.29 is 51.9 Å². The molecule has 0 rings (SSSR count). The van der Waals surface area contributed by atoms with E-state index in [1.807, 2.05) is 22.6 Å². The summed E-state index contributed by atoms with van der Waals surface area (Å²) in [6, 6.07) is 0. The number of halogens is 2. The Morgan fingerprint density at radius 2 is 1.88 bits per heavy atom. The topological polar surface area (TPSA) is 37.3 Å². The number of rotatable bonds is 1. The Morgan fingerprint density at radius 1 is 1.75 bits per heavy atom. The van der Waals surface area contributed by atoms with Gasteiger partial charge in [0, 0.05) is 0 Å². The van der Waals surface area contributed by atoms with Gasteiger partial charge in [-0.25, -0.2) is 0 Å². The van der Waals surface area contributed by atoms with Gasteiger partial charge < -0.3 is 17.5 Å². The van der Waals surface area contributed by atoms with Crippen molar-refractivity contribution in [3.8, 4) is 0 Å². The fourth-order valence-corrected chi connectivity index (χ4v) is 0. The molecule has 0 amide bonds. The second kappa shape index (κ2) is 8.49. The molecule has 0 heterocycles. The van der Waals surface area contributed by atoms with Crippen LogP contribution in [-0.2, 0) is 4.79 Å². The van der Waals surface area contributed by atoms with Gasteiger partial charge in [-0.05, 0) is 6.92 Å². The Hall–Kier alpha value is 1.49. The SMILES string of the molecule is CC(I)C(=O)O.[Cl-].[Na+]. The second-order valence-corrected chi connectivity index (χ2v) is 2.82. The first-order valence-corrected chi connectivity index (χ1v) is 2.76. The zero-order valence-corrected chi connectivity index (χ0v) is 9.60. The molecule has 1 unspecified atom stereocenters. The van der Waals surface area contributed by atoms with Crippen LogP contribution in [0, 0.1) is 0 Å². The van der Waals surface area contributed by atoms with Crippen LogP contribution in [0.4, 0.5) is 0 Å². The third kappa shape index (κ3) is 10.5. The van der Waals surface area contributed by atoms with Crippen molar-refractivity contribution in [2.45, 2.75) is 10.8 Å². The molecule has 1 N–H and O–H groups in total. The number of aliphatic carboxylic acids is 1. The van der Waals surface area contributed by atoms with Crippen LogP contribution < -0.4 is 42.0 Å². The molecule has 0 aromatic rings. The quantitative estimate of drug-likeness (QED) is 0.290. The maximum atomic E-state index is 9.69. The molecule has 0 spiro atoms. The van der Waals surface area contributed by atoms with Crippen LogP contribution in [-0.4, -0.2) is 15.0 Å². The molecule has 44 valence electrons. The first-order chi connectivity index (χ1) is 2.64. The maximum Gasteiger partial charge on any atom is 1.00 e. The zero-order valence-electron chi connectivity index (χ0n) is 4.69. The van der Waals surface area contributed by atoms with E-state index in [-0.39, 0.29) is 45.9 Å². The summed E-state index contributed by atoms with van der Waals surface area (Å²) in [5.74, 6) is -0.754. The summed E-state index contributed by atoms with van der Waals surface area (Å²) >= 11 is 1.83. The van der Waals surface area contributed by atoms with Crippen LogP contribution in [0.1, 0.15) is 6.92 Å². The van der Waals surface area contributed by atoms with Gasteiger partial charge in [-0.3, -0.25) is 4.79 Å². The summed E-state index contributed by atoms with van der Waals surface area (Å²) in [7, 11) is 0. The summed E-state index contributed by atoms with van der Waals surface area (Å²) in [4.78, 5) is 9.69. The van der Waals surface area contributed by atoms with Gasteiger partial charge in [0.2, 0.25) is 0 Å². The van der Waals surface area contributed by atoms with Gasteiger partial charge >= 0.3 is 35.5 Å². The smallest absolute Gasteiger partial charge is 1.00 e. The zero-order chi connectivity index (χ0) is 5.15. The molecule has 0 aliphatic rings. The average molecular weight is 258 g/mol. The van der Waals surface area contributed by atoms with Crippen molar-refractivity contribution in [2.75, 3.05) is 0 Å². The molecule has 0 aliphatic heterocycles. The molecule has 0 aromatic carbocycles. The van der Waals surface area contributed by atoms with Gasteiger partial charge in [-0.2, -0.15) is 0 Å². The Labute approximate surface area is 90.3 Å². The van der Waals surface area contributed by atoms with E-state index in [9.17, 15) is 4.79 Å². The molecule has 0 saturated heterocycles. The van der Waals surface area contributed by atoms with E-state index in [1.165, 1.54) is 0 Å². The van der Waals surface area contributed by atoms with E-state index in [0.29, 0.717) is 0 Å². The van der Waals surface area contributed by atoms with Crippen molar-refractivity contribution >= 4 is 28.6 Å². The van der Waals surface area contributed by atoms with E-state index in [1.54, 1.807) is 6.92 Å². The summed E-state index contributed by atoms with van der Waals surface area (Å²) in [5.41, 5.74) is 0. The van der Waals surface area contributed by atoms with Crippen LogP contribution in [0.5, 0.6) is 0 Å². The van der Waals surface area contributed by atoms with Crippen molar-refractivity contribution in [3.63, 3.8) is 0 Å². The van der Waals surface area contributed by atoms with Crippen LogP contribution in [0.2, 0.25) is 0 Å². The minimum absolute atomic E-state index is 0. The van der Waals surface area contributed by atoms with E-state index in [2.05, 4.69) is 0 Å². The molecule has 0 radical (unpaired) electrons. The molecular weight excluding hydrogens is 253 g/mol. The Morgan fingerprint density at radius 3 is 1.88 bits per heavy atom. The molecule has 0 fully saturated rings. The number of carbonyl (C=O) groups is 1. The molecule has 1 atom stereocenters. The average Bonchev–Trinajstić information content (AvgIpc) is 1.36. The van der Waals surface area contributed by atoms with Gasteiger partial charge in [0.15, 0.2) is 0 Å². The largest absolute Gasteiger partial charge is 1.00 e. The summed E-state index contributed by atoms with van der Waals surface area (Å²) in [6.07, 6.45) is 0. The van der Waals surface area contributed by atoms with Crippen molar-refractivity contribution in [3.05, 3.63) is 0 Å². The molecule has 2 nitrogen and oxygen atoms in total. The fraction of sp³-hybridized carbons (Fsp3) is 0.667. The van der Waals surface area contributed by atoms with Crippen molar-refractivity contribution in [1.29, 1.82) is 0 Å². The predicted molar refractivity (Wildman–Crippen MR) is 31.1 cm³/mol. The van der Waals surface area contributed by atoms with Gasteiger partial charge in [0.1, 0.15) is 3.92 Å². The van der Waals surface area contributed by atoms with E-state index < -0.39 is 5.97 Å². The van der Waals surface area contributed by atoms with Crippen LogP contribution in [0.3, 0.4) is 0 Å². The first kappa shape index (κ1) is 16.2. The minimum atomic E-state index is -0.754. The number of alkyl halides is 1.